The average molecular weight is 457 g/mol. The van der Waals surface area contributed by atoms with Crippen molar-refractivity contribution in [2.75, 3.05) is 32.1 Å². The summed E-state index contributed by atoms with van der Waals surface area (Å²) in [7, 11) is 4.00. The molecule has 1 fully saturated rings. The number of benzene rings is 1. The minimum atomic E-state index is -2.82. The van der Waals surface area contributed by atoms with Crippen LogP contribution < -0.4 is 9.64 Å². The number of anilines is 1. The predicted molar refractivity (Wildman–Crippen MR) is 117 cm³/mol. The number of alkyl halides is 2. The molecule has 2 aromatic heterocycles. The van der Waals surface area contributed by atoms with E-state index in [0.717, 1.165) is 37.3 Å². The van der Waals surface area contributed by atoms with Crippen molar-refractivity contribution in [2.24, 2.45) is 0 Å². The second-order valence-electron chi connectivity index (χ2n) is 8.16. The third-order valence-electron chi connectivity index (χ3n) is 5.86. The van der Waals surface area contributed by atoms with Gasteiger partial charge < -0.3 is 19.0 Å². The van der Waals surface area contributed by atoms with Crippen LogP contribution in [-0.4, -0.2) is 53.7 Å². The summed E-state index contributed by atoms with van der Waals surface area (Å²) in [6.07, 6.45) is 0.821. The summed E-state index contributed by atoms with van der Waals surface area (Å²) in [5, 5.41) is 6.96. The van der Waals surface area contributed by atoms with E-state index in [1.54, 1.807) is 12.1 Å². The molecule has 8 nitrogen and oxygen atoms in total. The zero-order chi connectivity index (χ0) is 23.4. The van der Waals surface area contributed by atoms with Gasteiger partial charge >= 0.3 is 6.43 Å². The van der Waals surface area contributed by atoms with Crippen LogP contribution in [0.3, 0.4) is 0 Å². The summed E-state index contributed by atoms with van der Waals surface area (Å²) in [6.45, 7) is 2.97. The van der Waals surface area contributed by atoms with Gasteiger partial charge in [0.2, 0.25) is 5.89 Å². The molecule has 1 aliphatic heterocycles. The topological polar surface area (TPSA) is 84.6 Å². The molecule has 1 aromatic carbocycles. The predicted octanol–water partition coefficient (Wildman–Crippen LogP) is 4.05. The number of pyridine rings is 1. The summed E-state index contributed by atoms with van der Waals surface area (Å²) in [5.74, 6) is 0.217. The Morgan fingerprint density at radius 1 is 1.24 bits per heavy atom. The summed E-state index contributed by atoms with van der Waals surface area (Å²) in [4.78, 5) is 19.8. The molecule has 1 saturated heterocycles. The molecule has 0 radical (unpaired) electrons. The fraction of sp³-hybridized carbons (Fsp3) is 0.391. The van der Waals surface area contributed by atoms with Crippen LogP contribution in [0.1, 0.15) is 42.3 Å². The van der Waals surface area contributed by atoms with Gasteiger partial charge in [0.15, 0.2) is 5.75 Å². The molecule has 3 heterocycles. The Balaban J connectivity index is 1.47. The molecule has 0 amide bonds. The maximum atomic E-state index is 12.6. The molecule has 3 aromatic rings. The van der Waals surface area contributed by atoms with E-state index in [1.165, 1.54) is 11.8 Å². The molecule has 0 saturated carbocycles. The van der Waals surface area contributed by atoms with Gasteiger partial charge in [-0.05, 0) is 68.7 Å². The maximum Gasteiger partial charge on any atom is 0.314 e. The average Bonchev–Trinajstić information content (AvgIpc) is 3.31. The fourth-order valence-electron chi connectivity index (χ4n) is 4.00. The van der Waals surface area contributed by atoms with Gasteiger partial charge in [-0.3, -0.25) is 9.78 Å². The lowest BCUT2D eigenvalue weighted by molar-refractivity contribution is -0.120. The summed E-state index contributed by atoms with van der Waals surface area (Å²) in [6, 6.07) is 9.44. The van der Waals surface area contributed by atoms with E-state index in [0.29, 0.717) is 30.2 Å². The summed E-state index contributed by atoms with van der Waals surface area (Å²) < 4.78 is 35.6. The molecular weight excluding hydrogens is 432 g/mol. The molecule has 0 bridgehead atoms. The first-order valence-electron chi connectivity index (χ1n) is 10.7. The molecule has 1 aliphatic rings. The molecular formula is C23H25F2N5O3. The number of rotatable bonds is 8. The van der Waals surface area contributed by atoms with Crippen LogP contribution in [-0.2, 0) is 11.3 Å². The van der Waals surface area contributed by atoms with Crippen LogP contribution in [0.5, 0.6) is 5.75 Å². The third kappa shape index (κ3) is 5.33. The highest BCUT2D eigenvalue weighted by Gasteiger charge is 2.21. The van der Waals surface area contributed by atoms with Crippen molar-refractivity contribution >= 4 is 12.2 Å². The van der Waals surface area contributed by atoms with Crippen molar-refractivity contribution in [1.82, 2.24) is 20.1 Å². The van der Waals surface area contributed by atoms with Gasteiger partial charge in [-0.25, -0.2) is 0 Å². The van der Waals surface area contributed by atoms with Crippen molar-refractivity contribution < 1.29 is 22.7 Å². The molecule has 0 aliphatic carbocycles. The van der Waals surface area contributed by atoms with Crippen LogP contribution >= 0.6 is 0 Å². The van der Waals surface area contributed by atoms with Crippen LogP contribution in [0.15, 0.2) is 40.9 Å². The zero-order valence-corrected chi connectivity index (χ0v) is 18.4. The number of halogens is 2. The number of likely N-dealkylation sites (tertiary alicyclic amines) is 1. The fourth-order valence-corrected chi connectivity index (χ4v) is 4.00. The zero-order valence-electron chi connectivity index (χ0n) is 18.4. The van der Waals surface area contributed by atoms with E-state index in [1.807, 2.05) is 24.1 Å². The van der Waals surface area contributed by atoms with Crippen molar-refractivity contribution in [2.45, 2.75) is 31.7 Å². The summed E-state index contributed by atoms with van der Waals surface area (Å²) in [5.41, 5.74) is 3.12. The van der Waals surface area contributed by atoms with Crippen molar-refractivity contribution in [3.05, 3.63) is 53.7 Å². The van der Waals surface area contributed by atoms with Crippen LogP contribution in [0.25, 0.3) is 11.5 Å². The van der Waals surface area contributed by atoms with Gasteiger partial charge in [-0.15, -0.1) is 10.2 Å². The quantitative estimate of drug-likeness (QED) is 0.469. The highest BCUT2D eigenvalue weighted by Crippen LogP contribution is 2.35. The van der Waals surface area contributed by atoms with Gasteiger partial charge in [-0.2, -0.15) is 8.78 Å². The number of carbonyl (C=O) groups excluding carboxylic acids is 1. The standard InChI is InChI=1S/C23H25F2N5O3/c1-29-9-7-15(8-10-29)16-4-6-19(20(11-16)32-14-31)30(2)13-18-5-3-17(12-26-18)22-27-28-23(33-22)21(24)25/h3-6,11-12,14-15,21H,7-10,13H2,1-2H3. The van der Waals surface area contributed by atoms with Crippen molar-refractivity contribution in [3.63, 3.8) is 0 Å². The number of piperidine rings is 1. The SMILES string of the molecule is CN1CCC(c2ccc(N(C)Cc3ccc(-c4nnc(C(F)F)o4)cn3)c(OC=O)c2)CC1. The Kier molecular flexibility index (Phi) is 6.93. The first-order valence-corrected chi connectivity index (χ1v) is 10.7. The second-order valence-corrected chi connectivity index (χ2v) is 8.16. The molecule has 0 atom stereocenters. The molecule has 174 valence electrons. The first kappa shape index (κ1) is 22.8. The molecule has 4 rings (SSSR count). The van der Waals surface area contributed by atoms with E-state index in [2.05, 4.69) is 33.2 Å². The molecule has 0 unspecified atom stereocenters. The van der Waals surface area contributed by atoms with Gasteiger partial charge in [0, 0.05) is 13.2 Å². The second kappa shape index (κ2) is 10.0. The van der Waals surface area contributed by atoms with E-state index in [9.17, 15) is 13.6 Å². The number of hydrogen-bond donors (Lipinski definition) is 0. The Morgan fingerprint density at radius 3 is 2.67 bits per heavy atom. The normalized spacial score (nSPS) is 15.1. The number of ether oxygens (including phenoxy) is 1. The number of carbonyl (C=O) groups is 1. The van der Waals surface area contributed by atoms with Crippen LogP contribution in [0.4, 0.5) is 14.5 Å². The lowest BCUT2D eigenvalue weighted by Crippen LogP contribution is -2.29. The Hall–Kier alpha value is -3.40. The van der Waals surface area contributed by atoms with Crippen molar-refractivity contribution in [3.8, 4) is 17.2 Å². The van der Waals surface area contributed by atoms with Crippen molar-refractivity contribution in [1.29, 1.82) is 0 Å². The van der Waals surface area contributed by atoms with E-state index < -0.39 is 12.3 Å². The van der Waals surface area contributed by atoms with Gasteiger partial charge in [0.05, 0.1) is 23.5 Å². The highest BCUT2D eigenvalue weighted by atomic mass is 19.3. The lowest BCUT2D eigenvalue weighted by Gasteiger charge is -2.30. The number of nitrogens with zero attached hydrogens (tertiary/aromatic N) is 5. The van der Waals surface area contributed by atoms with Gasteiger partial charge in [-0.1, -0.05) is 6.07 Å². The van der Waals surface area contributed by atoms with Crippen LogP contribution in [0, 0.1) is 0 Å². The highest BCUT2D eigenvalue weighted by molar-refractivity contribution is 5.63. The molecule has 10 heteroatoms. The van der Waals surface area contributed by atoms with E-state index in [4.69, 9.17) is 9.15 Å². The van der Waals surface area contributed by atoms with Gasteiger partial charge in [0.1, 0.15) is 0 Å². The summed E-state index contributed by atoms with van der Waals surface area (Å²) >= 11 is 0. The monoisotopic (exact) mass is 457 g/mol. The number of hydrogen-bond acceptors (Lipinski definition) is 8. The lowest BCUT2D eigenvalue weighted by atomic mass is 9.89. The van der Waals surface area contributed by atoms with Crippen LogP contribution in [0.2, 0.25) is 0 Å². The Bertz CT molecular complexity index is 1080. The third-order valence-corrected chi connectivity index (χ3v) is 5.86. The Labute approximate surface area is 190 Å². The molecule has 0 spiro atoms. The van der Waals surface area contributed by atoms with E-state index in [-0.39, 0.29) is 5.89 Å². The van der Waals surface area contributed by atoms with E-state index >= 15 is 0 Å². The minimum Gasteiger partial charge on any atom is -0.427 e. The smallest absolute Gasteiger partial charge is 0.314 e. The van der Waals surface area contributed by atoms with Gasteiger partial charge in [0.25, 0.3) is 12.4 Å². The largest absolute Gasteiger partial charge is 0.427 e. The minimum absolute atomic E-state index is 0.0103. The molecule has 0 N–H and O–H groups in total. The Morgan fingerprint density at radius 2 is 2.03 bits per heavy atom. The first-order chi connectivity index (χ1) is 15.9. The number of aromatic nitrogens is 3. The molecule has 33 heavy (non-hydrogen) atoms. The maximum absolute atomic E-state index is 12.6.